The van der Waals surface area contributed by atoms with Crippen LogP contribution in [0.5, 0.6) is 0 Å². The van der Waals surface area contributed by atoms with Crippen LogP contribution in [-0.2, 0) is 0 Å². The summed E-state index contributed by atoms with van der Waals surface area (Å²) in [6, 6.07) is 79.1. The Morgan fingerprint density at radius 3 is 1.61 bits per heavy atom. The summed E-state index contributed by atoms with van der Waals surface area (Å²) in [5, 5.41) is 4.84. The number of rotatable bonds is 7. The van der Waals surface area contributed by atoms with E-state index in [1.165, 1.54) is 43.8 Å². The first-order valence-corrected chi connectivity index (χ1v) is 18.5. The average molecular weight is 689 g/mol. The van der Waals surface area contributed by atoms with Gasteiger partial charge < -0.3 is 9.47 Å². The van der Waals surface area contributed by atoms with Crippen LogP contribution >= 0.6 is 0 Å². The van der Waals surface area contributed by atoms with Gasteiger partial charge in [-0.15, -0.1) is 0 Å². The fourth-order valence-electron chi connectivity index (χ4n) is 8.08. The van der Waals surface area contributed by atoms with Crippen molar-refractivity contribution in [2.45, 2.75) is 0 Å². The standard InChI is InChI=1S/C52H36N2/c1-5-17-37(18-6-1)41-30-32-44(38-19-7-2-8-20-38)50(35-41)54(52-45-26-14-13-23-40(45)29-33-46(52)39-21-9-3-10-22-39)43-31-34-48-47-27-15-16-28-49(47)53(51(48)36-43)42-24-11-4-12-25-42/h1-36H. The molecule has 0 aliphatic rings. The van der Waals surface area contributed by atoms with E-state index >= 15 is 0 Å². The van der Waals surface area contributed by atoms with Gasteiger partial charge in [0.2, 0.25) is 0 Å². The molecule has 1 aromatic heterocycles. The number of nitrogens with zero attached hydrogens (tertiary/aromatic N) is 2. The van der Waals surface area contributed by atoms with Crippen molar-refractivity contribution in [3.05, 3.63) is 218 Å². The number of benzene rings is 9. The number of fused-ring (bicyclic) bond motifs is 4. The Morgan fingerprint density at radius 2 is 0.889 bits per heavy atom. The molecular weight excluding hydrogens is 653 g/mol. The first-order valence-electron chi connectivity index (χ1n) is 18.5. The minimum absolute atomic E-state index is 1.08. The van der Waals surface area contributed by atoms with Crippen LogP contribution in [0.4, 0.5) is 17.1 Å². The molecule has 2 nitrogen and oxygen atoms in total. The third-order valence-electron chi connectivity index (χ3n) is 10.6. The van der Waals surface area contributed by atoms with Gasteiger partial charge in [-0.2, -0.15) is 0 Å². The molecule has 0 bridgehead atoms. The van der Waals surface area contributed by atoms with E-state index in [4.69, 9.17) is 0 Å². The first-order chi connectivity index (χ1) is 26.8. The lowest BCUT2D eigenvalue weighted by Crippen LogP contribution is -2.13. The average Bonchev–Trinajstić information content (AvgIpc) is 3.59. The van der Waals surface area contributed by atoms with Crippen LogP contribution < -0.4 is 4.90 Å². The highest BCUT2D eigenvalue weighted by Gasteiger charge is 2.25. The Morgan fingerprint density at radius 1 is 0.333 bits per heavy atom. The van der Waals surface area contributed by atoms with Crippen LogP contribution in [0, 0.1) is 0 Å². The Bertz CT molecular complexity index is 2910. The number of para-hydroxylation sites is 2. The predicted molar refractivity (Wildman–Crippen MR) is 229 cm³/mol. The zero-order valence-corrected chi connectivity index (χ0v) is 29.7. The topological polar surface area (TPSA) is 8.17 Å². The fourth-order valence-corrected chi connectivity index (χ4v) is 8.08. The molecule has 0 saturated carbocycles. The molecule has 0 spiro atoms. The van der Waals surface area contributed by atoms with Gasteiger partial charge in [0.25, 0.3) is 0 Å². The lowest BCUT2D eigenvalue weighted by atomic mass is 9.93. The third kappa shape index (κ3) is 5.44. The van der Waals surface area contributed by atoms with E-state index in [2.05, 4.69) is 228 Å². The second kappa shape index (κ2) is 13.4. The molecule has 0 N–H and O–H groups in total. The molecule has 54 heavy (non-hydrogen) atoms. The lowest BCUT2D eigenvalue weighted by Gasteiger charge is -2.32. The van der Waals surface area contributed by atoms with Gasteiger partial charge in [-0.05, 0) is 64.0 Å². The maximum absolute atomic E-state index is 2.52. The molecule has 2 heteroatoms. The van der Waals surface area contributed by atoms with E-state index in [0.29, 0.717) is 0 Å². The zero-order valence-electron chi connectivity index (χ0n) is 29.7. The second-order valence-electron chi connectivity index (χ2n) is 13.7. The molecule has 0 unspecified atom stereocenters. The summed E-state index contributed by atoms with van der Waals surface area (Å²) in [5.74, 6) is 0. The lowest BCUT2D eigenvalue weighted by molar-refractivity contribution is 1.18. The van der Waals surface area contributed by atoms with Crippen LogP contribution in [0.25, 0.3) is 71.6 Å². The Balaban J connectivity index is 1.35. The Kier molecular flexibility index (Phi) is 7.85. The maximum atomic E-state index is 2.52. The molecule has 0 radical (unpaired) electrons. The Labute approximate surface area is 315 Å². The number of aromatic nitrogens is 1. The predicted octanol–water partition coefficient (Wildman–Crippen LogP) is 14.4. The van der Waals surface area contributed by atoms with Crippen molar-refractivity contribution in [3.63, 3.8) is 0 Å². The van der Waals surface area contributed by atoms with Crippen molar-refractivity contribution in [1.82, 2.24) is 4.57 Å². The molecule has 0 amide bonds. The normalized spacial score (nSPS) is 11.3. The molecule has 254 valence electrons. The third-order valence-corrected chi connectivity index (χ3v) is 10.6. The molecule has 0 aliphatic heterocycles. The number of anilines is 3. The molecular formula is C52H36N2. The summed E-state index contributed by atoms with van der Waals surface area (Å²) < 4.78 is 2.41. The molecule has 9 aromatic carbocycles. The van der Waals surface area contributed by atoms with Crippen LogP contribution in [0.1, 0.15) is 0 Å². The molecule has 0 atom stereocenters. The molecule has 10 aromatic rings. The van der Waals surface area contributed by atoms with Gasteiger partial charge in [0.05, 0.1) is 22.4 Å². The molecule has 0 saturated heterocycles. The summed E-state index contributed by atoms with van der Waals surface area (Å²) in [6.07, 6.45) is 0. The summed E-state index contributed by atoms with van der Waals surface area (Å²) in [4.78, 5) is 2.52. The first kappa shape index (κ1) is 31.6. The summed E-state index contributed by atoms with van der Waals surface area (Å²) in [5.41, 5.74) is 13.8. The summed E-state index contributed by atoms with van der Waals surface area (Å²) >= 11 is 0. The van der Waals surface area contributed by atoms with Gasteiger partial charge in [0, 0.05) is 38.7 Å². The van der Waals surface area contributed by atoms with Gasteiger partial charge in [-0.1, -0.05) is 182 Å². The van der Waals surface area contributed by atoms with E-state index < -0.39 is 0 Å². The van der Waals surface area contributed by atoms with Crippen LogP contribution in [0.15, 0.2) is 218 Å². The number of hydrogen-bond acceptors (Lipinski definition) is 1. The van der Waals surface area contributed by atoms with E-state index in [-0.39, 0.29) is 0 Å². The summed E-state index contributed by atoms with van der Waals surface area (Å²) in [6.45, 7) is 0. The van der Waals surface area contributed by atoms with Gasteiger partial charge in [-0.25, -0.2) is 0 Å². The van der Waals surface area contributed by atoms with E-state index in [9.17, 15) is 0 Å². The minimum Gasteiger partial charge on any atom is -0.309 e. The van der Waals surface area contributed by atoms with Gasteiger partial charge >= 0.3 is 0 Å². The van der Waals surface area contributed by atoms with Gasteiger partial charge in [-0.3, -0.25) is 0 Å². The van der Waals surface area contributed by atoms with Gasteiger partial charge in [0.1, 0.15) is 0 Å². The van der Waals surface area contributed by atoms with Crippen molar-refractivity contribution >= 4 is 49.6 Å². The van der Waals surface area contributed by atoms with Crippen molar-refractivity contribution in [2.75, 3.05) is 4.90 Å². The number of hydrogen-bond donors (Lipinski definition) is 0. The Hall–Kier alpha value is -7.16. The largest absolute Gasteiger partial charge is 0.309 e. The van der Waals surface area contributed by atoms with E-state index in [1.54, 1.807) is 0 Å². The maximum Gasteiger partial charge on any atom is 0.0618 e. The fraction of sp³-hybridized carbons (Fsp3) is 0. The molecule has 1 heterocycles. The molecule has 0 aliphatic carbocycles. The van der Waals surface area contributed by atoms with Gasteiger partial charge in [0.15, 0.2) is 0 Å². The van der Waals surface area contributed by atoms with E-state index in [0.717, 1.165) is 45.0 Å². The smallest absolute Gasteiger partial charge is 0.0618 e. The minimum atomic E-state index is 1.08. The highest BCUT2D eigenvalue weighted by Crippen LogP contribution is 2.49. The highest BCUT2D eigenvalue weighted by molar-refractivity contribution is 6.12. The van der Waals surface area contributed by atoms with E-state index in [1.807, 2.05) is 0 Å². The zero-order chi connectivity index (χ0) is 35.8. The highest BCUT2D eigenvalue weighted by atomic mass is 15.2. The summed E-state index contributed by atoms with van der Waals surface area (Å²) in [7, 11) is 0. The quantitative estimate of drug-likeness (QED) is 0.162. The van der Waals surface area contributed by atoms with Crippen LogP contribution in [0.2, 0.25) is 0 Å². The van der Waals surface area contributed by atoms with Crippen LogP contribution in [-0.4, -0.2) is 4.57 Å². The van der Waals surface area contributed by atoms with Crippen molar-refractivity contribution in [3.8, 4) is 39.1 Å². The van der Waals surface area contributed by atoms with Crippen LogP contribution in [0.3, 0.4) is 0 Å². The molecule has 10 rings (SSSR count). The van der Waals surface area contributed by atoms with Crippen molar-refractivity contribution in [1.29, 1.82) is 0 Å². The SMILES string of the molecule is c1ccc(-c2ccc(-c3ccccc3)c(N(c3ccc4c5ccccc5n(-c5ccccc5)c4c3)c3c(-c4ccccc4)ccc4ccccc34)c2)cc1. The second-order valence-corrected chi connectivity index (χ2v) is 13.7. The monoisotopic (exact) mass is 688 g/mol. The van der Waals surface area contributed by atoms with Crippen molar-refractivity contribution < 1.29 is 0 Å². The molecule has 0 fully saturated rings. The van der Waals surface area contributed by atoms with Crippen molar-refractivity contribution in [2.24, 2.45) is 0 Å².